The van der Waals surface area contributed by atoms with Crippen LogP contribution in [-0.2, 0) is 6.42 Å². The lowest BCUT2D eigenvalue weighted by Crippen LogP contribution is -2.36. The molecule has 2 fully saturated rings. The first-order valence-corrected chi connectivity index (χ1v) is 12.2. The van der Waals surface area contributed by atoms with Crippen molar-refractivity contribution in [3.05, 3.63) is 83.8 Å². The molecule has 5 rings (SSSR count). The van der Waals surface area contributed by atoms with E-state index in [1.54, 1.807) is 12.1 Å². The lowest BCUT2D eigenvalue weighted by Gasteiger charge is -2.35. The number of carbonyl (C=O) groups excluding carboxylic acids is 2. The minimum Gasteiger partial charge on any atom is -0.459 e. The minimum atomic E-state index is -0.320. The van der Waals surface area contributed by atoms with Crippen LogP contribution in [0.25, 0.3) is 0 Å². The number of hydrogen-bond acceptors (Lipinski definition) is 4. The second-order valence-electron chi connectivity index (χ2n) is 9.28. The second-order valence-corrected chi connectivity index (χ2v) is 9.28. The SMILES string of the molecule is O=C(Nc1ccc(N2CCC(Cc3ccccc3)CC2)c(C(=O)N2CCCC2)c1)c1ccco1. The van der Waals surface area contributed by atoms with Crippen LogP contribution in [0.5, 0.6) is 0 Å². The zero-order valence-electron chi connectivity index (χ0n) is 19.4. The van der Waals surface area contributed by atoms with E-state index in [9.17, 15) is 9.59 Å². The molecule has 34 heavy (non-hydrogen) atoms. The molecule has 2 aromatic carbocycles. The van der Waals surface area contributed by atoms with Gasteiger partial charge in [0.15, 0.2) is 5.76 Å². The fourth-order valence-corrected chi connectivity index (χ4v) is 5.08. The van der Waals surface area contributed by atoms with Crippen molar-refractivity contribution in [3.63, 3.8) is 0 Å². The number of piperidine rings is 1. The monoisotopic (exact) mass is 457 g/mol. The highest BCUT2D eigenvalue weighted by atomic mass is 16.3. The third-order valence-electron chi connectivity index (χ3n) is 6.95. The molecule has 0 bridgehead atoms. The molecule has 0 radical (unpaired) electrons. The molecule has 2 aliphatic heterocycles. The molecule has 0 spiro atoms. The van der Waals surface area contributed by atoms with Gasteiger partial charge in [0, 0.05) is 37.6 Å². The summed E-state index contributed by atoms with van der Waals surface area (Å²) >= 11 is 0. The summed E-state index contributed by atoms with van der Waals surface area (Å²) in [5, 5.41) is 2.87. The highest BCUT2D eigenvalue weighted by molar-refractivity contribution is 6.05. The third kappa shape index (κ3) is 5.01. The third-order valence-corrected chi connectivity index (χ3v) is 6.95. The molecule has 2 saturated heterocycles. The van der Waals surface area contributed by atoms with Crippen LogP contribution in [0.2, 0.25) is 0 Å². The zero-order valence-corrected chi connectivity index (χ0v) is 19.4. The number of furan rings is 1. The Morgan fingerprint density at radius 3 is 2.38 bits per heavy atom. The Bertz CT molecular complexity index is 1110. The molecule has 2 aliphatic rings. The Morgan fingerprint density at radius 2 is 1.68 bits per heavy atom. The van der Waals surface area contributed by atoms with Crippen molar-refractivity contribution >= 4 is 23.2 Å². The number of amides is 2. The van der Waals surface area contributed by atoms with E-state index in [2.05, 4.69) is 40.5 Å². The summed E-state index contributed by atoms with van der Waals surface area (Å²) in [7, 11) is 0. The van der Waals surface area contributed by atoms with E-state index in [1.807, 2.05) is 23.1 Å². The van der Waals surface area contributed by atoms with Crippen molar-refractivity contribution in [2.24, 2.45) is 5.92 Å². The first-order valence-electron chi connectivity index (χ1n) is 12.2. The normalized spacial score (nSPS) is 16.6. The standard InChI is InChI=1S/C28H31N3O3/c32-27(26-9-6-18-34-26)29-23-10-11-25(24(20-23)28(33)31-14-4-5-15-31)30-16-12-22(13-17-30)19-21-7-2-1-3-8-21/h1-3,6-11,18,20,22H,4-5,12-17,19H2,(H,29,32). The Morgan fingerprint density at radius 1 is 0.912 bits per heavy atom. The van der Waals surface area contributed by atoms with Gasteiger partial charge in [0.05, 0.1) is 11.8 Å². The molecule has 2 amide bonds. The summed E-state index contributed by atoms with van der Waals surface area (Å²) in [6, 6.07) is 19.7. The summed E-state index contributed by atoms with van der Waals surface area (Å²) < 4.78 is 5.20. The van der Waals surface area contributed by atoms with Crippen molar-refractivity contribution in [1.82, 2.24) is 4.90 Å². The van der Waals surface area contributed by atoms with Crippen LogP contribution in [0.15, 0.2) is 71.3 Å². The fourth-order valence-electron chi connectivity index (χ4n) is 5.08. The fraction of sp³-hybridized carbons (Fsp3) is 0.357. The van der Waals surface area contributed by atoms with Crippen LogP contribution >= 0.6 is 0 Å². The van der Waals surface area contributed by atoms with Crippen molar-refractivity contribution in [2.45, 2.75) is 32.1 Å². The van der Waals surface area contributed by atoms with Crippen molar-refractivity contribution in [1.29, 1.82) is 0 Å². The predicted molar refractivity (Wildman–Crippen MR) is 133 cm³/mol. The summed E-state index contributed by atoms with van der Waals surface area (Å²) in [4.78, 5) is 30.2. The van der Waals surface area contributed by atoms with Gasteiger partial charge >= 0.3 is 0 Å². The van der Waals surface area contributed by atoms with Gasteiger partial charge in [0.2, 0.25) is 0 Å². The summed E-state index contributed by atoms with van der Waals surface area (Å²) in [5.41, 5.74) is 3.63. The van der Waals surface area contributed by atoms with Gasteiger partial charge in [-0.05, 0) is 73.9 Å². The second kappa shape index (κ2) is 10.2. The largest absolute Gasteiger partial charge is 0.459 e. The van der Waals surface area contributed by atoms with Crippen LogP contribution in [0.4, 0.5) is 11.4 Å². The molecule has 0 unspecified atom stereocenters. The van der Waals surface area contributed by atoms with Crippen LogP contribution in [0.1, 0.15) is 52.2 Å². The molecule has 0 atom stereocenters. The highest BCUT2D eigenvalue weighted by Gasteiger charge is 2.27. The molecule has 0 aliphatic carbocycles. The van der Waals surface area contributed by atoms with Gasteiger partial charge in [-0.25, -0.2) is 0 Å². The maximum Gasteiger partial charge on any atom is 0.291 e. The van der Waals surface area contributed by atoms with Gasteiger partial charge in [-0.3, -0.25) is 9.59 Å². The van der Waals surface area contributed by atoms with Gasteiger partial charge in [-0.15, -0.1) is 0 Å². The smallest absolute Gasteiger partial charge is 0.291 e. The van der Waals surface area contributed by atoms with Crippen molar-refractivity contribution < 1.29 is 14.0 Å². The zero-order chi connectivity index (χ0) is 23.3. The van der Waals surface area contributed by atoms with E-state index in [1.165, 1.54) is 11.8 Å². The first kappa shape index (κ1) is 22.3. The van der Waals surface area contributed by atoms with Crippen molar-refractivity contribution in [3.8, 4) is 0 Å². The van der Waals surface area contributed by atoms with Gasteiger partial charge in [-0.2, -0.15) is 0 Å². The lowest BCUT2D eigenvalue weighted by atomic mass is 9.89. The number of rotatable bonds is 6. The predicted octanol–water partition coefficient (Wildman–Crippen LogP) is 5.23. The first-order chi connectivity index (χ1) is 16.7. The number of nitrogens with zero attached hydrogens (tertiary/aromatic N) is 2. The Labute approximate surface area is 200 Å². The van der Waals surface area contributed by atoms with Gasteiger partial charge < -0.3 is 19.5 Å². The molecule has 3 heterocycles. The molecule has 1 N–H and O–H groups in total. The lowest BCUT2D eigenvalue weighted by molar-refractivity contribution is 0.0793. The number of carbonyl (C=O) groups is 2. The highest BCUT2D eigenvalue weighted by Crippen LogP contribution is 2.31. The topological polar surface area (TPSA) is 65.8 Å². The Kier molecular flexibility index (Phi) is 6.65. The van der Waals surface area contributed by atoms with Crippen molar-refractivity contribution in [2.75, 3.05) is 36.4 Å². The number of hydrogen-bond donors (Lipinski definition) is 1. The van der Waals surface area contributed by atoms with E-state index >= 15 is 0 Å². The van der Waals surface area contributed by atoms with E-state index in [0.717, 1.165) is 64.0 Å². The van der Waals surface area contributed by atoms with E-state index in [-0.39, 0.29) is 17.6 Å². The molecular weight excluding hydrogens is 426 g/mol. The molecule has 3 aromatic rings. The molecule has 1 aromatic heterocycles. The Balaban J connectivity index is 1.33. The maximum absolute atomic E-state index is 13.5. The number of nitrogens with one attached hydrogen (secondary N) is 1. The number of anilines is 2. The van der Waals surface area contributed by atoms with Crippen LogP contribution in [-0.4, -0.2) is 42.9 Å². The summed E-state index contributed by atoms with van der Waals surface area (Å²) in [5.74, 6) is 0.632. The average Bonchev–Trinajstić information content (AvgIpc) is 3.60. The number of benzene rings is 2. The average molecular weight is 458 g/mol. The maximum atomic E-state index is 13.5. The van der Waals surface area contributed by atoms with Crippen LogP contribution in [0, 0.1) is 5.92 Å². The summed E-state index contributed by atoms with van der Waals surface area (Å²) in [6.07, 6.45) is 6.86. The summed E-state index contributed by atoms with van der Waals surface area (Å²) in [6.45, 7) is 3.44. The van der Waals surface area contributed by atoms with Gasteiger partial charge in [-0.1, -0.05) is 30.3 Å². The van der Waals surface area contributed by atoms with Crippen LogP contribution in [0.3, 0.4) is 0 Å². The molecule has 0 saturated carbocycles. The molecule has 6 nitrogen and oxygen atoms in total. The Hall–Kier alpha value is -3.54. The molecular formula is C28H31N3O3. The van der Waals surface area contributed by atoms with E-state index < -0.39 is 0 Å². The minimum absolute atomic E-state index is 0.0491. The van der Waals surface area contributed by atoms with Gasteiger partial charge in [0.25, 0.3) is 11.8 Å². The van der Waals surface area contributed by atoms with Gasteiger partial charge in [0.1, 0.15) is 0 Å². The quantitative estimate of drug-likeness (QED) is 0.551. The molecule has 6 heteroatoms. The number of likely N-dealkylation sites (tertiary alicyclic amines) is 1. The van der Waals surface area contributed by atoms with Crippen LogP contribution < -0.4 is 10.2 Å². The molecule has 176 valence electrons. The van der Waals surface area contributed by atoms with E-state index in [0.29, 0.717) is 17.2 Å². The van der Waals surface area contributed by atoms with E-state index in [4.69, 9.17) is 4.42 Å².